The lowest BCUT2D eigenvalue weighted by molar-refractivity contribution is -0.105. The molecule has 2 aliphatic rings. The molecule has 440 valence electrons. The Morgan fingerprint density at radius 1 is 0.633 bits per heavy atom. The number of hydrogen-bond donors (Lipinski definition) is 6. The number of carbonyl (C=O) groups is 4. The van der Waals surface area contributed by atoms with Gasteiger partial charge in [0.05, 0.1) is 47.3 Å². The van der Waals surface area contributed by atoms with E-state index in [1.165, 1.54) is 61.2 Å². The number of benzene rings is 2. The van der Waals surface area contributed by atoms with Crippen LogP contribution in [0.25, 0.3) is 20.9 Å². The molecule has 0 unspecified atom stereocenters. The Bertz CT molecular complexity index is 2800. The minimum absolute atomic E-state index is 0.0528. The standard InChI is InChI=1S/C27H39N3O7S2.C22H29N3O6S2.C4H11NO2/c1-6-29-39(33,34)24-15-19(22(31)13-14-25(35-4)36-5)9-12-21(24)23-16-28-26(38-23)18-7-10-20(11-8-18)30-27(32)37-17(2)3;1-4-24-33(29,30)19-11-15(21(26)27)7-10-17(19)18-12-23-20(32-18)14-5-8-16(9-6-14)25-22(28)31-13(2)3;1-6-4(3-5)7-2/h9,12,15-18,20,25,29H,6-8,10-11,13-14H2,1-5H3,(H,30,32);7,10-14,16,24H,4-6,8-9H2,1-3H3,(H,25,28)(H,26,27);4H,3,5H2,1-2H3. The van der Waals surface area contributed by atoms with Gasteiger partial charge in [-0.15, -0.1) is 22.7 Å². The maximum Gasteiger partial charge on any atom is 0.407 e. The van der Waals surface area contributed by atoms with Gasteiger partial charge < -0.3 is 49.9 Å². The van der Waals surface area contributed by atoms with Crippen molar-refractivity contribution in [1.29, 1.82) is 0 Å². The molecule has 2 amide bonds. The highest BCUT2D eigenvalue weighted by atomic mass is 32.2. The molecule has 2 aliphatic carbocycles. The fourth-order valence-corrected chi connectivity index (χ4v) is 13.7. The lowest BCUT2D eigenvalue weighted by Crippen LogP contribution is -2.38. The van der Waals surface area contributed by atoms with Crippen LogP contribution < -0.4 is 25.8 Å². The van der Waals surface area contributed by atoms with E-state index in [0.29, 0.717) is 34.5 Å². The van der Waals surface area contributed by atoms with Crippen LogP contribution in [-0.4, -0.2) is 141 Å². The summed E-state index contributed by atoms with van der Waals surface area (Å²) >= 11 is 2.88. The van der Waals surface area contributed by atoms with Crippen molar-refractivity contribution >= 4 is 66.7 Å². The van der Waals surface area contributed by atoms with Gasteiger partial charge in [-0.25, -0.2) is 50.6 Å². The van der Waals surface area contributed by atoms with Gasteiger partial charge in [-0.2, -0.15) is 0 Å². The van der Waals surface area contributed by atoms with Crippen molar-refractivity contribution in [2.45, 2.75) is 164 Å². The topological polar surface area (TPSA) is 312 Å². The average Bonchev–Trinajstić information content (AvgIpc) is 4.12. The number of sulfonamides is 2. The molecule has 6 rings (SSSR count). The van der Waals surface area contributed by atoms with Crippen LogP contribution in [0.4, 0.5) is 9.59 Å². The fraction of sp³-hybridized carbons (Fsp3) is 0.585. The van der Waals surface area contributed by atoms with Crippen molar-refractivity contribution in [2.24, 2.45) is 5.73 Å². The third kappa shape index (κ3) is 20.5. The molecule has 0 atom stereocenters. The summed E-state index contributed by atoms with van der Waals surface area (Å²) in [5.41, 5.74) is 6.30. The summed E-state index contributed by atoms with van der Waals surface area (Å²) in [6.07, 6.45) is 8.66. The highest BCUT2D eigenvalue weighted by Gasteiger charge is 2.30. The van der Waals surface area contributed by atoms with Gasteiger partial charge in [0.1, 0.15) is 0 Å². The van der Waals surface area contributed by atoms with Gasteiger partial charge >= 0.3 is 18.2 Å². The molecule has 7 N–H and O–H groups in total. The first-order valence-electron chi connectivity index (χ1n) is 26.2. The highest BCUT2D eigenvalue weighted by Crippen LogP contribution is 2.41. The Labute approximate surface area is 472 Å². The molecular weight excluding hydrogens is 1100 g/mol. The van der Waals surface area contributed by atoms with E-state index in [0.717, 1.165) is 66.3 Å². The number of ketones is 1. The second-order valence-electron chi connectivity index (χ2n) is 19.1. The van der Waals surface area contributed by atoms with Crippen molar-refractivity contribution in [3.63, 3.8) is 0 Å². The van der Waals surface area contributed by atoms with Crippen LogP contribution in [0.5, 0.6) is 0 Å². The summed E-state index contributed by atoms with van der Waals surface area (Å²) in [5, 5.41) is 17.0. The van der Waals surface area contributed by atoms with Gasteiger partial charge in [-0.05, 0) is 97.3 Å². The zero-order valence-corrected chi connectivity index (χ0v) is 50.0. The first-order chi connectivity index (χ1) is 37.5. The van der Waals surface area contributed by atoms with E-state index in [1.807, 2.05) is 13.8 Å². The molecule has 2 fully saturated rings. The molecule has 0 spiro atoms. The summed E-state index contributed by atoms with van der Waals surface area (Å²) in [4.78, 5) is 58.5. The maximum absolute atomic E-state index is 13.1. The Balaban J connectivity index is 0.000000307. The number of methoxy groups -OCH3 is 4. The molecule has 0 bridgehead atoms. The summed E-state index contributed by atoms with van der Waals surface area (Å²) in [6, 6.07) is 9.01. The quantitative estimate of drug-likeness (QED) is 0.0283. The monoisotopic (exact) mass is 1180 g/mol. The van der Waals surface area contributed by atoms with Crippen LogP contribution in [0.15, 0.2) is 58.6 Å². The lowest BCUT2D eigenvalue weighted by atomic mass is 9.86. The van der Waals surface area contributed by atoms with Crippen LogP contribution >= 0.6 is 22.7 Å². The zero-order valence-electron chi connectivity index (χ0n) is 46.7. The predicted octanol–water partition coefficient (Wildman–Crippen LogP) is 8.38. The third-order valence-corrected chi connectivity index (χ3v) is 18.2. The van der Waals surface area contributed by atoms with Crippen LogP contribution in [0.2, 0.25) is 0 Å². The molecule has 79 heavy (non-hydrogen) atoms. The van der Waals surface area contributed by atoms with Crippen LogP contribution in [0.1, 0.15) is 148 Å². The maximum atomic E-state index is 13.1. The number of amides is 2. The lowest BCUT2D eigenvalue weighted by Gasteiger charge is -2.28. The van der Waals surface area contributed by atoms with Gasteiger partial charge in [0.15, 0.2) is 18.4 Å². The van der Waals surface area contributed by atoms with Gasteiger partial charge in [0, 0.05) is 114 Å². The Hall–Kier alpha value is -5.00. The van der Waals surface area contributed by atoms with E-state index in [4.69, 9.17) is 34.2 Å². The number of thiazole rings is 2. The number of alkyl carbamates (subject to hydrolysis) is 2. The van der Waals surface area contributed by atoms with Crippen molar-refractivity contribution in [2.75, 3.05) is 48.1 Å². The van der Waals surface area contributed by atoms with Gasteiger partial charge in [-0.3, -0.25) is 4.79 Å². The highest BCUT2D eigenvalue weighted by molar-refractivity contribution is 7.90. The number of carboxylic acid groups (broad SMARTS) is 1. The Morgan fingerprint density at radius 2 is 1.03 bits per heavy atom. The number of carbonyl (C=O) groups excluding carboxylic acids is 3. The largest absolute Gasteiger partial charge is 0.478 e. The number of nitrogens with two attached hydrogens (primary N) is 1. The first-order valence-corrected chi connectivity index (χ1v) is 30.8. The smallest absolute Gasteiger partial charge is 0.407 e. The molecular formula is C53H79N7O15S4. The van der Waals surface area contributed by atoms with Crippen molar-refractivity contribution < 1.29 is 69.5 Å². The van der Waals surface area contributed by atoms with E-state index in [9.17, 15) is 41.1 Å². The third-order valence-electron chi connectivity index (χ3n) is 12.7. The summed E-state index contributed by atoms with van der Waals surface area (Å²) in [6.45, 7) is 11.4. The van der Waals surface area contributed by atoms with Crippen molar-refractivity contribution in [1.82, 2.24) is 30.0 Å². The average molecular weight is 1180 g/mol. The van der Waals surface area contributed by atoms with Crippen molar-refractivity contribution in [3.8, 4) is 20.9 Å². The fourth-order valence-electron chi connectivity index (χ4n) is 8.75. The molecule has 2 saturated carbocycles. The number of rotatable bonds is 24. The number of Topliss-reactive ketones (excluding diaryl/α,β-unsaturated/α-hetero) is 1. The summed E-state index contributed by atoms with van der Waals surface area (Å²) < 4.78 is 86.8. The summed E-state index contributed by atoms with van der Waals surface area (Å²) in [5.74, 6) is -0.939. The first kappa shape index (κ1) is 66.5. The van der Waals surface area contributed by atoms with E-state index >= 15 is 0 Å². The molecule has 0 aliphatic heterocycles. The number of aromatic carboxylic acids is 1. The molecule has 22 nitrogen and oxygen atoms in total. The van der Waals surface area contributed by atoms with Gasteiger partial charge in [-0.1, -0.05) is 32.0 Å². The Kier molecular flexibility index (Phi) is 27.3. The van der Waals surface area contributed by atoms with E-state index in [2.05, 4.69) is 30.0 Å². The molecule has 2 aromatic carbocycles. The van der Waals surface area contributed by atoms with E-state index < -0.39 is 44.5 Å². The van der Waals surface area contributed by atoms with Gasteiger partial charge in [0.25, 0.3) is 0 Å². The molecule has 2 heterocycles. The number of nitrogens with one attached hydrogen (secondary N) is 4. The zero-order chi connectivity index (χ0) is 58.5. The number of aromatic nitrogens is 2. The Morgan fingerprint density at radius 3 is 1.37 bits per heavy atom. The van der Waals surface area contributed by atoms with Gasteiger partial charge in [0.2, 0.25) is 20.0 Å². The number of ether oxygens (including phenoxy) is 6. The van der Waals surface area contributed by atoms with Crippen LogP contribution in [0, 0.1) is 0 Å². The van der Waals surface area contributed by atoms with E-state index in [-0.39, 0.29) is 83.1 Å². The summed E-state index contributed by atoms with van der Waals surface area (Å²) in [7, 11) is -1.61. The van der Waals surface area contributed by atoms with E-state index in [1.54, 1.807) is 66.4 Å². The molecule has 26 heteroatoms. The van der Waals surface area contributed by atoms with Crippen LogP contribution in [0.3, 0.4) is 0 Å². The number of carboxylic acids is 1. The van der Waals surface area contributed by atoms with Crippen molar-refractivity contribution in [3.05, 3.63) is 69.9 Å². The minimum atomic E-state index is -3.87. The number of hydrogen-bond acceptors (Lipinski definition) is 19. The molecule has 0 saturated heterocycles. The minimum Gasteiger partial charge on any atom is -0.478 e. The second kappa shape index (κ2) is 32.4. The van der Waals surface area contributed by atoms with Crippen LogP contribution in [-0.2, 0) is 48.5 Å². The number of nitrogens with zero attached hydrogens (tertiary/aromatic N) is 2. The SMILES string of the molecule is CCNS(=O)(=O)c1cc(C(=O)CCC(OC)OC)ccc1-c1cnc(C2CCC(NC(=O)OC(C)C)CC2)s1.CCNS(=O)(=O)c1cc(C(=O)O)ccc1-c1cnc(C2CCC(NC(=O)OC(C)C)CC2)s1.COC(CN)OC. The molecule has 4 aromatic rings. The molecule has 0 radical (unpaired) electrons. The normalized spacial score (nSPS) is 17.6. The molecule has 2 aromatic heterocycles. The predicted molar refractivity (Wildman–Crippen MR) is 302 cm³/mol. The second-order valence-corrected chi connectivity index (χ2v) is 24.7.